The first-order valence-corrected chi connectivity index (χ1v) is 5.78. The van der Waals surface area contributed by atoms with Gasteiger partial charge in [-0.2, -0.15) is 10.4 Å². The van der Waals surface area contributed by atoms with Crippen molar-refractivity contribution < 1.29 is 0 Å². The van der Waals surface area contributed by atoms with Gasteiger partial charge in [-0.1, -0.05) is 0 Å². The molecule has 2 aromatic heterocycles. The van der Waals surface area contributed by atoms with Crippen LogP contribution in [0.5, 0.6) is 0 Å². The molecule has 1 N–H and O–H groups in total. The zero-order valence-corrected chi connectivity index (χ0v) is 10.5. The molecule has 2 aromatic rings. The van der Waals surface area contributed by atoms with E-state index in [1.54, 1.807) is 10.7 Å². The summed E-state index contributed by atoms with van der Waals surface area (Å²) in [5.41, 5.74) is 2.64. The summed E-state index contributed by atoms with van der Waals surface area (Å²) in [5.74, 6) is 0.654. The normalized spacial score (nSPS) is 10.1. The molecule has 0 saturated carbocycles. The topological polar surface area (TPSA) is 66.5 Å². The van der Waals surface area contributed by atoms with Gasteiger partial charge in [-0.3, -0.25) is 4.68 Å². The van der Waals surface area contributed by atoms with Crippen LogP contribution in [0.15, 0.2) is 24.5 Å². The van der Waals surface area contributed by atoms with Gasteiger partial charge in [0.25, 0.3) is 0 Å². The van der Waals surface area contributed by atoms with Crippen LogP contribution in [-0.2, 0) is 13.5 Å². The van der Waals surface area contributed by atoms with Crippen LogP contribution >= 0.6 is 0 Å². The van der Waals surface area contributed by atoms with Crippen LogP contribution in [0.1, 0.15) is 16.8 Å². The number of nitriles is 1. The largest absolute Gasteiger partial charge is 0.369 e. The first-order chi connectivity index (χ1) is 8.69. The molecule has 0 aliphatic heterocycles. The van der Waals surface area contributed by atoms with E-state index < -0.39 is 0 Å². The van der Waals surface area contributed by atoms with Gasteiger partial charge in [0.2, 0.25) is 0 Å². The summed E-state index contributed by atoms with van der Waals surface area (Å²) < 4.78 is 1.78. The van der Waals surface area contributed by atoms with Gasteiger partial charge in [0.15, 0.2) is 0 Å². The van der Waals surface area contributed by atoms with Crippen LogP contribution in [0.3, 0.4) is 0 Å². The number of pyridine rings is 1. The SMILES string of the molecule is Cc1ccc(C#N)c(NCCc2cnn(C)c2)n1. The molecule has 0 atom stereocenters. The van der Waals surface area contributed by atoms with Gasteiger partial charge in [0.05, 0.1) is 11.8 Å². The van der Waals surface area contributed by atoms with Crippen molar-refractivity contribution in [1.82, 2.24) is 14.8 Å². The third-order valence-electron chi connectivity index (χ3n) is 2.62. The Morgan fingerprint density at radius 1 is 1.44 bits per heavy atom. The van der Waals surface area contributed by atoms with Crippen molar-refractivity contribution in [3.05, 3.63) is 41.3 Å². The van der Waals surface area contributed by atoms with Crippen LogP contribution in [0.25, 0.3) is 0 Å². The summed E-state index contributed by atoms with van der Waals surface area (Å²) in [7, 11) is 1.90. The van der Waals surface area contributed by atoms with Gasteiger partial charge < -0.3 is 5.32 Å². The van der Waals surface area contributed by atoms with E-state index in [0.717, 1.165) is 24.2 Å². The predicted octanol–water partition coefficient (Wildman–Crippen LogP) is 1.65. The summed E-state index contributed by atoms with van der Waals surface area (Å²) in [6.45, 7) is 2.64. The fourth-order valence-electron chi connectivity index (χ4n) is 1.71. The van der Waals surface area contributed by atoms with E-state index >= 15 is 0 Å². The van der Waals surface area contributed by atoms with E-state index in [4.69, 9.17) is 5.26 Å². The fourth-order valence-corrected chi connectivity index (χ4v) is 1.71. The van der Waals surface area contributed by atoms with E-state index in [2.05, 4.69) is 21.5 Å². The second-order valence-electron chi connectivity index (χ2n) is 4.16. The summed E-state index contributed by atoms with van der Waals surface area (Å²) in [5, 5.41) is 16.3. The van der Waals surface area contributed by atoms with Gasteiger partial charge >= 0.3 is 0 Å². The third kappa shape index (κ3) is 2.86. The number of nitrogens with one attached hydrogen (secondary N) is 1. The zero-order valence-electron chi connectivity index (χ0n) is 10.5. The number of nitrogens with zero attached hydrogens (tertiary/aromatic N) is 4. The summed E-state index contributed by atoms with van der Waals surface area (Å²) in [6, 6.07) is 5.76. The number of hydrogen-bond donors (Lipinski definition) is 1. The van der Waals surface area contributed by atoms with Crippen molar-refractivity contribution in [2.45, 2.75) is 13.3 Å². The smallest absolute Gasteiger partial charge is 0.144 e. The molecule has 2 heterocycles. The van der Waals surface area contributed by atoms with Crippen molar-refractivity contribution in [1.29, 1.82) is 5.26 Å². The van der Waals surface area contributed by atoms with Crippen molar-refractivity contribution in [3.63, 3.8) is 0 Å². The van der Waals surface area contributed by atoms with Crippen LogP contribution in [0.4, 0.5) is 5.82 Å². The Bertz CT molecular complexity index is 579. The minimum Gasteiger partial charge on any atom is -0.369 e. The molecule has 0 spiro atoms. The lowest BCUT2D eigenvalue weighted by Crippen LogP contribution is -2.08. The van der Waals surface area contributed by atoms with Gasteiger partial charge in [-0.25, -0.2) is 4.98 Å². The number of hydrogen-bond acceptors (Lipinski definition) is 4. The minimum atomic E-state index is 0.576. The average Bonchev–Trinajstić information content (AvgIpc) is 2.75. The number of anilines is 1. The standard InChI is InChI=1S/C13H15N5/c1-10-3-4-12(7-14)13(17-10)15-6-5-11-8-16-18(2)9-11/h3-4,8-9H,5-6H2,1-2H3,(H,15,17). The molecular formula is C13H15N5. The van der Waals surface area contributed by atoms with Gasteiger partial charge in [-0.05, 0) is 31.0 Å². The maximum atomic E-state index is 8.99. The molecule has 5 heteroatoms. The highest BCUT2D eigenvalue weighted by atomic mass is 15.2. The maximum absolute atomic E-state index is 8.99. The Morgan fingerprint density at radius 3 is 2.94 bits per heavy atom. The first-order valence-electron chi connectivity index (χ1n) is 5.78. The fraction of sp³-hybridized carbons (Fsp3) is 0.308. The summed E-state index contributed by atoms with van der Waals surface area (Å²) in [4.78, 5) is 4.33. The highest BCUT2D eigenvalue weighted by Crippen LogP contribution is 2.12. The minimum absolute atomic E-state index is 0.576. The van der Waals surface area contributed by atoms with Gasteiger partial charge in [0, 0.05) is 25.5 Å². The van der Waals surface area contributed by atoms with Crippen LogP contribution < -0.4 is 5.32 Å². The Balaban J connectivity index is 1.98. The quantitative estimate of drug-likeness (QED) is 0.883. The van der Waals surface area contributed by atoms with E-state index in [1.165, 1.54) is 0 Å². The molecule has 0 aromatic carbocycles. The van der Waals surface area contributed by atoms with Crippen LogP contribution in [-0.4, -0.2) is 21.3 Å². The predicted molar refractivity (Wildman–Crippen MR) is 69.1 cm³/mol. The molecular weight excluding hydrogens is 226 g/mol. The second kappa shape index (κ2) is 5.32. The Morgan fingerprint density at radius 2 is 2.28 bits per heavy atom. The van der Waals surface area contributed by atoms with Crippen molar-refractivity contribution in [2.24, 2.45) is 7.05 Å². The number of aromatic nitrogens is 3. The molecule has 92 valence electrons. The monoisotopic (exact) mass is 241 g/mol. The molecule has 0 saturated heterocycles. The molecule has 0 amide bonds. The molecule has 2 rings (SSSR count). The van der Waals surface area contributed by atoms with Gasteiger partial charge in [0.1, 0.15) is 11.9 Å². The average molecular weight is 241 g/mol. The summed E-state index contributed by atoms with van der Waals surface area (Å²) >= 11 is 0. The third-order valence-corrected chi connectivity index (χ3v) is 2.62. The number of aryl methyl sites for hydroxylation is 2. The highest BCUT2D eigenvalue weighted by molar-refractivity contribution is 5.52. The Labute approximate surface area is 106 Å². The lowest BCUT2D eigenvalue weighted by Gasteiger charge is -2.07. The highest BCUT2D eigenvalue weighted by Gasteiger charge is 2.03. The van der Waals surface area contributed by atoms with Crippen LogP contribution in [0, 0.1) is 18.3 Å². The van der Waals surface area contributed by atoms with Crippen molar-refractivity contribution >= 4 is 5.82 Å². The molecule has 18 heavy (non-hydrogen) atoms. The molecule has 0 bridgehead atoms. The van der Waals surface area contributed by atoms with E-state index in [1.807, 2.05) is 32.4 Å². The lowest BCUT2D eigenvalue weighted by atomic mass is 10.2. The molecule has 0 radical (unpaired) electrons. The molecule has 0 fully saturated rings. The van der Waals surface area contributed by atoms with E-state index in [9.17, 15) is 0 Å². The molecule has 0 aliphatic carbocycles. The molecule has 5 nitrogen and oxygen atoms in total. The second-order valence-corrected chi connectivity index (χ2v) is 4.16. The number of rotatable bonds is 4. The zero-order chi connectivity index (χ0) is 13.0. The lowest BCUT2D eigenvalue weighted by molar-refractivity contribution is 0.767. The van der Waals surface area contributed by atoms with Crippen molar-refractivity contribution in [3.8, 4) is 6.07 Å². The molecule has 0 aliphatic rings. The Kier molecular flexibility index (Phi) is 3.58. The van der Waals surface area contributed by atoms with Crippen molar-refractivity contribution in [2.75, 3.05) is 11.9 Å². The van der Waals surface area contributed by atoms with Crippen LogP contribution in [0.2, 0.25) is 0 Å². The Hall–Kier alpha value is -2.35. The van der Waals surface area contributed by atoms with Gasteiger partial charge in [-0.15, -0.1) is 0 Å². The maximum Gasteiger partial charge on any atom is 0.144 e. The first kappa shape index (κ1) is 12.1. The van der Waals surface area contributed by atoms with E-state index in [0.29, 0.717) is 11.4 Å². The van der Waals surface area contributed by atoms with E-state index in [-0.39, 0.29) is 0 Å². The summed E-state index contributed by atoms with van der Waals surface area (Å²) in [6.07, 6.45) is 4.68. The molecule has 0 unspecified atom stereocenters.